The minimum atomic E-state index is -4.77. The zero-order chi connectivity index (χ0) is 23.7. The summed E-state index contributed by atoms with van der Waals surface area (Å²) in [7, 11) is -4.32. The van der Waals surface area contributed by atoms with E-state index in [9.17, 15) is 26.4 Å². The molecule has 0 saturated carbocycles. The second-order valence-corrected chi connectivity index (χ2v) is 9.77. The van der Waals surface area contributed by atoms with Crippen LogP contribution in [0.15, 0.2) is 47.4 Å². The molecular formula is C22H26F3N3O3S. The molecular weight excluding hydrogens is 443 g/mol. The van der Waals surface area contributed by atoms with Gasteiger partial charge in [0.05, 0.1) is 16.5 Å². The molecule has 2 aromatic rings. The van der Waals surface area contributed by atoms with Gasteiger partial charge in [-0.25, -0.2) is 8.42 Å². The molecule has 1 atom stereocenters. The predicted octanol–water partition coefficient (Wildman–Crippen LogP) is 3.66. The number of amides is 1. The summed E-state index contributed by atoms with van der Waals surface area (Å²) < 4.78 is 66.8. The van der Waals surface area contributed by atoms with Crippen LogP contribution in [0.5, 0.6) is 0 Å². The molecule has 0 spiro atoms. The van der Waals surface area contributed by atoms with Gasteiger partial charge < -0.3 is 5.32 Å². The summed E-state index contributed by atoms with van der Waals surface area (Å²) in [6.45, 7) is 5.98. The van der Waals surface area contributed by atoms with Gasteiger partial charge >= 0.3 is 6.18 Å². The normalized spacial score (nSPS) is 17.2. The number of nitrogens with one attached hydrogen (secondary N) is 1. The van der Waals surface area contributed by atoms with Gasteiger partial charge in [0, 0.05) is 31.9 Å². The van der Waals surface area contributed by atoms with E-state index >= 15 is 0 Å². The molecule has 174 valence electrons. The zero-order valence-electron chi connectivity index (χ0n) is 18.1. The first-order chi connectivity index (χ1) is 14.9. The maximum atomic E-state index is 13.3. The molecule has 1 aliphatic heterocycles. The lowest BCUT2D eigenvalue weighted by molar-refractivity contribution is -0.140. The molecule has 1 fully saturated rings. The summed E-state index contributed by atoms with van der Waals surface area (Å²) in [4.78, 5) is 13.8. The molecule has 3 rings (SSSR count). The molecule has 32 heavy (non-hydrogen) atoms. The number of para-hydroxylation sites is 1. The second kappa shape index (κ2) is 9.21. The second-order valence-electron chi connectivity index (χ2n) is 7.87. The van der Waals surface area contributed by atoms with E-state index in [0.717, 1.165) is 39.3 Å². The number of sulfonamides is 1. The first-order valence-corrected chi connectivity index (χ1v) is 11.6. The van der Waals surface area contributed by atoms with E-state index in [1.165, 1.54) is 6.07 Å². The largest absolute Gasteiger partial charge is 0.417 e. The predicted molar refractivity (Wildman–Crippen MR) is 116 cm³/mol. The Labute approximate surface area is 186 Å². The van der Waals surface area contributed by atoms with Crippen molar-refractivity contribution in [2.75, 3.05) is 31.5 Å². The van der Waals surface area contributed by atoms with Crippen molar-refractivity contribution in [1.82, 2.24) is 9.21 Å². The minimum Gasteiger partial charge on any atom is -0.324 e. The van der Waals surface area contributed by atoms with Gasteiger partial charge in [-0.05, 0) is 44.0 Å². The van der Waals surface area contributed by atoms with Crippen LogP contribution in [0.4, 0.5) is 18.9 Å². The number of alkyl halides is 3. The van der Waals surface area contributed by atoms with Crippen molar-refractivity contribution in [1.29, 1.82) is 0 Å². The monoisotopic (exact) mass is 469 g/mol. The van der Waals surface area contributed by atoms with Crippen molar-refractivity contribution in [3.05, 3.63) is 59.2 Å². The Kier molecular flexibility index (Phi) is 6.97. The SMILES string of the molecule is Cc1cccc(C)c1NC(=O)[C@@H](C)N1CCN(S(=O)(=O)c2ccccc2C(F)(F)F)CC1. The van der Waals surface area contributed by atoms with Crippen LogP contribution < -0.4 is 5.32 Å². The Hall–Kier alpha value is -2.43. The third-order valence-corrected chi connectivity index (χ3v) is 7.70. The van der Waals surface area contributed by atoms with Crippen LogP contribution in [0.3, 0.4) is 0 Å². The third kappa shape index (κ3) is 4.97. The van der Waals surface area contributed by atoms with Crippen molar-refractivity contribution in [3.8, 4) is 0 Å². The number of hydrogen-bond donors (Lipinski definition) is 1. The van der Waals surface area contributed by atoms with Gasteiger partial charge in [-0.1, -0.05) is 30.3 Å². The average Bonchev–Trinajstić information content (AvgIpc) is 2.75. The fourth-order valence-electron chi connectivity index (χ4n) is 3.80. The van der Waals surface area contributed by atoms with E-state index in [-0.39, 0.29) is 32.1 Å². The van der Waals surface area contributed by atoms with Crippen LogP contribution in [0.1, 0.15) is 23.6 Å². The van der Waals surface area contributed by atoms with Crippen molar-refractivity contribution in [2.24, 2.45) is 0 Å². The highest BCUT2D eigenvalue weighted by atomic mass is 32.2. The Morgan fingerprint density at radius 3 is 2.09 bits per heavy atom. The number of piperazine rings is 1. The van der Waals surface area contributed by atoms with Crippen molar-refractivity contribution in [3.63, 3.8) is 0 Å². The quantitative estimate of drug-likeness (QED) is 0.726. The average molecular weight is 470 g/mol. The third-order valence-electron chi connectivity index (χ3n) is 5.74. The number of aryl methyl sites for hydroxylation is 2. The molecule has 0 unspecified atom stereocenters. The Morgan fingerprint density at radius 2 is 1.53 bits per heavy atom. The standard InChI is InChI=1S/C22H26F3N3O3S/c1-15-7-6-8-16(2)20(15)26-21(29)17(3)27-11-13-28(14-12-27)32(30,31)19-10-5-4-9-18(19)22(23,24)25/h4-10,17H,11-14H2,1-3H3,(H,26,29)/t17-/m1/s1. The van der Waals surface area contributed by atoms with Gasteiger partial charge in [0.2, 0.25) is 15.9 Å². The molecule has 6 nitrogen and oxygen atoms in total. The topological polar surface area (TPSA) is 69.7 Å². The first-order valence-electron chi connectivity index (χ1n) is 10.2. The summed E-state index contributed by atoms with van der Waals surface area (Å²) >= 11 is 0. The van der Waals surface area contributed by atoms with Crippen molar-refractivity contribution in [2.45, 2.75) is 37.9 Å². The lowest BCUT2D eigenvalue weighted by atomic mass is 10.1. The number of halogens is 3. The highest BCUT2D eigenvalue weighted by Crippen LogP contribution is 2.35. The highest BCUT2D eigenvalue weighted by molar-refractivity contribution is 7.89. The highest BCUT2D eigenvalue weighted by Gasteiger charge is 2.40. The smallest absolute Gasteiger partial charge is 0.324 e. The lowest BCUT2D eigenvalue weighted by Crippen LogP contribution is -2.54. The maximum absolute atomic E-state index is 13.3. The Bertz CT molecular complexity index is 1070. The fraction of sp³-hybridized carbons (Fsp3) is 0.409. The zero-order valence-corrected chi connectivity index (χ0v) is 18.9. The molecule has 1 heterocycles. The van der Waals surface area contributed by atoms with Gasteiger partial charge in [-0.3, -0.25) is 9.69 Å². The summed E-state index contributed by atoms with van der Waals surface area (Å²) in [5.41, 5.74) is 1.44. The molecule has 1 aliphatic rings. The molecule has 0 radical (unpaired) electrons. The van der Waals surface area contributed by atoms with E-state index < -0.39 is 32.7 Å². The van der Waals surface area contributed by atoms with Crippen LogP contribution in [-0.4, -0.2) is 55.8 Å². The number of carbonyl (C=O) groups excluding carboxylic acids is 1. The molecule has 1 amide bonds. The molecule has 1 N–H and O–H groups in total. The van der Waals surface area contributed by atoms with Gasteiger partial charge in [-0.15, -0.1) is 0 Å². The van der Waals surface area contributed by atoms with Crippen LogP contribution in [0.2, 0.25) is 0 Å². The first kappa shape index (κ1) is 24.2. The Balaban J connectivity index is 1.69. The van der Waals surface area contributed by atoms with Gasteiger partial charge in [0.1, 0.15) is 0 Å². The number of benzene rings is 2. The van der Waals surface area contributed by atoms with Crippen LogP contribution in [-0.2, 0) is 21.0 Å². The molecule has 0 aliphatic carbocycles. The van der Waals surface area contributed by atoms with E-state index in [4.69, 9.17) is 0 Å². The van der Waals surface area contributed by atoms with Gasteiger partial charge in [-0.2, -0.15) is 17.5 Å². The van der Waals surface area contributed by atoms with E-state index in [1.807, 2.05) is 36.9 Å². The van der Waals surface area contributed by atoms with E-state index in [2.05, 4.69) is 5.32 Å². The molecule has 0 bridgehead atoms. The number of hydrogen-bond acceptors (Lipinski definition) is 4. The van der Waals surface area contributed by atoms with Crippen LogP contribution >= 0.6 is 0 Å². The van der Waals surface area contributed by atoms with Crippen molar-refractivity contribution < 1.29 is 26.4 Å². The minimum absolute atomic E-state index is 0.00443. The summed E-state index contributed by atoms with van der Waals surface area (Å²) in [6.07, 6.45) is -4.77. The number of nitrogens with zero attached hydrogens (tertiary/aromatic N) is 2. The van der Waals surface area contributed by atoms with E-state index in [1.54, 1.807) is 6.92 Å². The maximum Gasteiger partial charge on any atom is 0.417 e. The summed E-state index contributed by atoms with van der Waals surface area (Å²) in [6, 6.07) is 9.36. The van der Waals surface area contributed by atoms with Crippen LogP contribution in [0.25, 0.3) is 0 Å². The summed E-state index contributed by atoms with van der Waals surface area (Å²) in [5, 5.41) is 2.93. The number of carbonyl (C=O) groups is 1. The van der Waals surface area contributed by atoms with Gasteiger partial charge in [0.15, 0.2) is 0 Å². The molecule has 10 heteroatoms. The molecule has 2 aromatic carbocycles. The van der Waals surface area contributed by atoms with Crippen LogP contribution in [0, 0.1) is 13.8 Å². The van der Waals surface area contributed by atoms with Crippen molar-refractivity contribution >= 4 is 21.6 Å². The lowest BCUT2D eigenvalue weighted by Gasteiger charge is -2.37. The molecule has 1 saturated heterocycles. The molecule has 0 aromatic heterocycles. The number of anilines is 1. The number of rotatable bonds is 5. The van der Waals surface area contributed by atoms with Gasteiger partial charge in [0.25, 0.3) is 0 Å². The Morgan fingerprint density at radius 1 is 0.969 bits per heavy atom. The summed E-state index contributed by atoms with van der Waals surface area (Å²) in [5.74, 6) is -0.221. The fourth-order valence-corrected chi connectivity index (χ4v) is 5.44. The van der Waals surface area contributed by atoms with E-state index in [0.29, 0.717) is 0 Å².